The SMILES string of the molecule is O=C1NC(=O)C(NC(=O)Nc2ccccc2)(c2ccccc2)C(=O)N1. The van der Waals surface area contributed by atoms with Crippen molar-refractivity contribution in [3.63, 3.8) is 0 Å². The van der Waals surface area contributed by atoms with Crippen molar-refractivity contribution in [2.45, 2.75) is 5.54 Å². The second-order valence-corrected chi connectivity index (χ2v) is 5.30. The Morgan fingerprint density at radius 3 is 1.88 bits per heavy atom. The molecule has 0 aromatic heterocycles. The minimum absolute atomic E-state index is 0.223. The lowest BCUT2D eigenvalue weighted by Crippen LogP contribution is -2.71. The summed E-state index contributed by atoms with van der Waals surface area (Å²) in [4.78, 5) is 48.7. The summed E-state index contributed by atoms with van der Waals surface area (Å²) in [5.41, 5.74) is -1.36. The third-order valence-corrected chi connectivity index (χ3v) is 3.67. The summed E-state index contributed by atoms with van der Waals surface area (Å²) in [6.45, 7) is 0. The number of barbiturate groups is 1. The number of imide groups is 2. The van der Waals surface area contributed by atoms with E-state index in [1.807, 2.05) is 10.6 Å². The molecule has 6 amide bonds. The number of rotatable bonds is 3. The van der Waals surface area contributed by atoms with Crippen molar-refractivity contribution in [3.8, 4) is 0 Å². The first-order valence-electron chi connectivity index (χ1n) is 7.39. The molecule has 3 rings (SSSR count). The summed E-state index contributed by atoms with van der Waals surface area (Å²) >= 11 is 0. The monoisotopic (exact) mass is 338 g/mol. The van der Waals surface area contributed by atoms with E-state index in [-0.39, 0.29) is 5.56 Å². The predicted molar refractivity (Wildman–Crippen MR) is 88.4 cm³/mol. The zero-order valence-corrected chi connectivity index (χ0v) is 12.9. The Kier molecular flexibility index (Phi) is 4.17. The van der Waals surface area contributed by atoms with Crippen LogP contribution in [-0.2, 0) is 15.1 Å². The number of benzene rings is 2. The number of anilines is 1. The van der Waals surface area contributed by atoms with E-state index in [0.29, 0.717) is 5.69 Å². The van der Waals surface area contributed by atoms with Gasteiger partial charge < -0.3 is 10.6 Å². The minimum Gasteiger partial charge on any atom is -0.312 e. The van der Waals surface area contributed by atoms with Gasteiger partial charge in [-0.1, -0.05) is 48.5 Å². The van der Waals surface area contributed by atoms with Crippen LogP contribution in [0.4, 0.5) is 15.3 Å². The Balaban J connectivity index is 1.95. The summed E-state index contributed by atoms with van der Waals surface area (Å²) in [5.74, 6) is -1.87. The van der Waals surface area contributed by atoms with Gasteiger partial charge >= 0.3 is 12.1 Å². The van der Waals surface area contributed by atoms with E-state index in [9.17, 15) is 19.2 Å². The Labute approximate surface area is 142 Å². The first-order valence-corrected chi connectivity index (χ1v) is 7.39. The molecule has 2 aromatic carbocycles. The van der Waals surface area contributed by atoms with Crippen molar-refractivity contribution in [2.24, 2.45) is 0 Å². The van der Waals surface area contributed by atoms with Crippen LogP contribution in [0.5, 0.6) is 0 Å². The highest BCUT2D eigenvalue weighted by Crippen LogP contribution is 2.24. The van der Waals surface area contributed by atoms with Gasteiger partial charge in [-0.15, -0.1) is 0 Å². The number of urea groups is 2. The van der Waals surface area contributed by atoms with Crippen LogP contribution in [0.1, 0.15) is 5.56 Å². The quantitative estimate of drug-likeness (QED) is 0.626. The molecule has 2 aromatic rings. The number of hydrogen-bond acceptors (Lipinski definition) is 4. The number of amides is 6. The molecular formula is C17H14N4O4. The van der Waals surface area contributed by atoms with Crippen molar-refractivity contribution < 1.29 is 19.2 Å². The first-order chi connectivity index (χ1) is 12.0. The third-order valence-electron chi connectivity index (χ3n) is 3.67. The third kappa shape index (κ3) is 3.05. The van der Waals surface area contributed by atoms with Crippen LogP contribution in [0, 0.1) is 0 Å². The highest BCUT2D eigenvalue weighted by molar-refractivity contribution is 6.24. The van der Waals surface area contributed by atoms with Crippen LogP contribution >= 0.6 is 0 Å². The molecule has 8 heteroatoms. The van der Waals surface area contributed by atoms with E-state index in [1.54, 1.807) is 48.5 Å². The van der Waals surface area contributed by atoms with E-state index < -0.39 is 29.4 Å². The molecule has 1 fully saturated rings. The van der Waals surface area contributed by atoms with E-state index in [2.05, 4.69) is 10.6 Å². The molecule has 0 unspecified atom stereocenters. The standard InChI is InChI=1S/C17H14N4O4/c22-13-17(11-7-3-1-4-8-11,14(23)20-15(24)19-13)21-16(25)18-12-9-5-2-6-10-12/h1-10H,(H2,18,21,25)(H2,19,20,22,23,24). The Morgan fingerprint density at radius 1 is 0.800 bits per heavy atom. The second kappa shape index (κ2) is 6.44. The largest absolute Gasteiger partial charge is 0.328 e. The maximum atomic E-state index is 12.5. The average molecular weight is 338 g/mol. The first kappa shape index (κ1) is 16.2. The smallest absolute Gasteiger partial charge is 0.312 e. The molecule has 0 saturated carbocycles. The fourth-order valence-corrected chi connectivity index (χ4v) is 2.52. The van der Waals surface area contributed by atoms with Gasteiger partial charge in [0.15, 0.2) is 0 Å². The van der Waals surface area contributed by atoms with Gasteiger partial charge in [0, 0.05) is 5.69 Å². The summed E-state index contributed by atoms with van der Waals surface area (Å²) in [6, 6.07) is 14.8. The minimum atomic E-state index is -2.06. The lowest BCUT2D eigenvalue weighted by molar-refractivity contribution is -0.139. The van der Waals surface area contributed by atoms with Gasteiger partial charge in [-0.3, -0.25) is 20.2 Å². The highest BCUT2D eigenvalue weighted by atomic mass is 16.2. The van der Waals surface area contributed by atoms with Crippen LogP contribution in [0.2, 0.25) is 0 Å². The summed E-state index contributed by atoms with van der Waals surface area (Å²) < 4.78 is 0. The molecular weight excluding hydrogens is 324 g/mol. The van der Waals surface area contributed by atoms with Gasteiger partial charge in [-0.25, -0.2) is 9.59 Å². The van der Waals surface area contributed by atoms with Crippen molar-refractivity contribution in [1.29, 1.82) is 0 Å². The van der Waals surface area contributed by atoms with Crippen LogP contribution < -0.4 is 21.3 Å². The average Bonchev–Trinajstić information content (AvgIpc) is 2.60. The number of carbonyl (C=O) groups excluding carboxylic acids is 4. The van der Waals surface area contributed by atoms with Gasteiger partial charge in [0.05, 0.1) is 0 Å². The Hall–Kier alpha value is -3.68. The molecule has 1 heterocycles. The van der Waals surface area contributed by atoms with Gasteiger partial charge in [-0.05, 0) is 17.7 Å². The zero-order valence-electron chi connectivity index (χ0n) is 12.9. The molecule has 1 saturated heterocycles. The van der Waals surface area contributed by atoms with E-state index in [1.165, 1.54) is 12.1 Å². The van der Waals surface area contributed by atoms with Crippen molar-refractivity contribution >= 4 is 29.6 Å². The molecule has 4 N–H and O–H groups in total. The van der Waals surface area contributed by atoms with E-state index >= 15 is 0 Å². The molecule has 0 atom stereocenters. The normalized spacial score (nSPS) is 15.8. The number of para-hydroxylation sites is 1. The molecule has 8 nitrogen and oxygen atoms in total. The Morgan fingerprint density at radius 2 is 1.32 bits per heavy atom. The summed E-state index contributed by atoms with van der Waals surface area (Å²) in [7, 11) is 0. The lowest BCUT2D eigenvalue weighted by Gasteiger charge is -2.34. The molecule has 126 valence electrons. The molecule has 0 spiro atoms. The Bertz CT molecular complexity index is 816. The van der Waals surface area contributed by atoms with Crippen molar-refractivity contribution in [1.82, 2.24) is 16.0 Å². The van der Waals surface area contributed by atoms with E-state index in [0.717, 1.165) is 0 Å². The van der Waals surface area contributed by atoms with Crippen molar-refractivity contribution in [3.05, 3.63) is 66.2 Å². The molecule has 1 aliphatic heterocycles. The van der Waals surface area contributed by atoms with Crippen LogP contribution in [0.3, 0.4) is 0 Å². The fourth-order valence-electron chi connectivity index (χ4n) is 2.52. The maximum Gasteiger partial charge on any atom is 0.328 e. The molecule has 25 heavy (non-hydrogen) atoms. The fraction of sp³-hybridized carbons (Fsp3) is 0.0588. The number of hydrogen-bond donors (Lipinski definition) is 4. The van der Waals surface area contributed by atoms with Gasteiger partial charge in [0.1, 0.15) is 0 Å². The predicted octanol–water partition coefficient (Wildman–Crippen LogP) is 1.07. The van der Waals surface area contributed by atoms with Crippen LogP contribution in [0.15, 0.2) is 60.7 Å². The van der Waals surface area contributed by atoms with Crippen LogP contribution in [-0.4, -0.2) is 23.9 Å². The number of carbonyl (C=O) groups is 4. The molecule has 0 aliphatic carbocycles. The molecule has 0 bridgehead atoms. The maximum absolute atomic E-state index is 12.5. The van der Waals surface area contributed by atoms with Crippen molar-refractivity contribution in [2.75, 3.05) is 5.32 Å². The van der Waals surface area contributed by atoms with E-state index in [4.69, 9.17) is 0 Å². The summed E-state index contributed by atoms with van der Waals surface area (Å²) in [6.07, 6.45) is 0. The lowest BCUT2D eigenvalue weighted by atomic mass is 9.86. The van der Waals surface area contributed by atoms with Gasteiger partial charge in [0.25, 0.3) is 11.8 Å². The molecule has 0 radical (unpaired) electrons. The zero-order chi connectivity index (χ0) is 17.9. The number of nitrogens with one attached hydrogen (secondary N) is 4. The molecule has 1 aliphatic rings. The van der Waals surface area contributed by atoms with Crippen LogP contribution in [0.25, 0.3) is 0 Å². The van der Waals surface area contributed by atoms with Gasteiger partial charge in [0.2, 0.25) is 5.54 Å². The van der Waals surface area contributed by atoms with Gasteiger partial charge in [-0.2, -0.15) is 0 Å². The topological polar surface area (TPSA) is 116 Å². The summed E-state index contributed by atoms with van der Waals surface area (Å²) in [5, 5.41) is 8.96. The highest BCUT2D eigenvalue weighted by Gasteiger charge is 2.53. The second-order valence-electron chi connectivity index (χ2n) is 5.30.